The number of aryl methyl sites for hydroxylation is 1. The zero-order valence-electron chi connectivity index (χ0n) is 10.9. The first-order chi connectivity index (χ1) is 8.61. The summed E-state index contributed by atoms with van der Waals surface area (Å²) >= 11 is 0. The highest BCUT2D eigenvalue weighted by Gasteiger charge is 2.18. The van der Waals surface area contributed by atoms with Crippen molar-refractivity contribution in [2.45, 2.75) is 33.1 Å². The summed E-state index contributed by atoms with van der Waals surface area (Å²) in [6.07, 6.45) is 0.291. The topological polar surface area (TPSA) is 52.3 Å². The number of benzene rings is 1. The van der Waals surface area contributed by atoms with Gasteiger partial charge >= 0.3 is 5.97 Å². The first kappa shape index (κ1) is 12.6. The van der Waals surface area contributed by atoms with Crippen LogP contribution >= 0.6 is 0 Å². The lowest BCUT2D eigenvalue weighted by Crippen LogP contribution is -2.08. The quantitative estimate of drug-likeness (QED) is 0.778. The Morgan fingerprint density at radius 3 is 2.94 bits per heavy atom. The van der Waals surface area contributed by atoms with Gasteiger partial charge in [-0.1, -0.05) is 19.1 Å². The molecule has 0 bridgehead atoms. The van der Waals surface area contributed by atoms with Crippen LogP contribution in [0.15, 0.2) is 22.6 Å². The average molecular weight is 247 g/mol. The van der Waals surface area contributed by atoms with Crippen molar-refractivity contribution in [3.8, 4) is 0 Å². The largest absolute Gasteiger partial charge is 0.466 e. The molecule has 18 heavy (non-hydrogen) atoms. The van der Waals surface area contributed by atoms with E-state index >= 15 is 0 Å². The normalized spacial score (nSPS) is 12.6. The molecule has 0 N–H and O–H groups in total. The number of hydrogen-bond acceptors (Lipinski definition) is 4. The molecule has 1 atom stereocenters. The molecule has 0 aliphatic carbocycles. The molecule has 1 unspecified atom stereocenters. The van der Waals surface area contributed by atoms with Crippen molar-refractivity contribution in [3.05, 3.63) is 29.7 Å². The van der Waals surface area contributed by atoms with Crippen molar-refractivity contribution in [1.29, 1.82) is 0 Å². The third kappa shape index (κ3) is 2.53. The minimum absolute atomic E-state index is 0.0733. The predicted octanol–water partition coefficient (Wildman–Crippen LogP) is 3.19. The summed E-state index contributed by atoms with van der Waals surface area (Å²) in [7, 11) is 0. The van der Waals surface area contributed by atoms with Gasteiger partial charge in [-0.2, -0.15) is 0 Å². The summed E-state index contributed by atoms with van der Waals surface area (Å²) in [5, 5.41) is 0. The van der Waals surface area contributed by atoms with E-state index in [2.05, 4.69) is 4.98 Å². The molecule has 1 aromatic heterocycles. The van der Waals surface area contributed by atoms with E-state index in [1.807, 2.05) is 32.0 Å². The van der Waals surface area contributed by atoms with Crippen molar-refractivity contribution < 1.29 is 13.9 Å². The number of carbonyl (C=O) groups is 1. The molecule has 0 fully saturated rings. The minimum Gasteiger partial charge on any atom is -0.466 e. The van der Waals surface area contributed by atoms with Crippen LogP contribution in [0.1, 0.15) is 37.6 Å². The van der Waals surface area contributed by atoms with Crippen LogP contribution in [-0.2, 0) is 9.53 Å². The third-order valence-corrected chi connectivity index (χ3v) is 2.84. The lowest BCUT2D eigenvalue weighted by molar-refractivity contribution is -0.143. The zero-order valence-corrected chi connectivity index (χ0v) is 10.9. The zero-order chi connectivity index (χ0) is 13.1. The fourth-order valence-electron chi connectivity index (χ4n) is 1.87. The van der Waals surface area contributed by atoms with Gasteiger partial charge in [0.1, 0.15) is 5.52 Å². The van der Waals surface area contributed by atoms with E-state index in [0.717, 1.165) is 16.7 Å². The van der Waals surface area contributed by atoms with E-state index in [1.165, 1.54) is 0 Å². The van der Waals surface area contributed by atoms with Crippen molar-refractivity contribution in [2.75, 3.05) is 6.61 Å². The molecule has 0 saturated carbocycles. The second-order valence-corrected chi connectivity index (χ2v) is 4.38. The Labute approximate surface area is 106 Å². The van der Waals surface area contributed by atoms with Crippen molar-refractivity contribution in [1.82, 2.24) is 4.98 Å². The summed E-state index contributed by atoms with van der Waals surface area (Å²) in [6, 6.07) is 5.81. The maximum atomic E-state index is 11.4. The SMILES string of the molecule is CCOC(=O)CC(C)c1nc2c(C)cccc2o1. The Balaban J connectivity index is 2.20. The van der Waals surface area contributed by atoms with Gasteiger partial charge in [-0.05, 0) is 25.5 Å². The maximum absolute atomic E-state index is 11.4. The third-order valence-electron chi connectivity index (χ3n) is 2.84. The van der Waals surface area contributed by atoms with Gasteiger partial charge in [0.25, 0.3) is 0 Å². The summed E-state index contributed by atoms with van der Waals surface area (Å²) in [5.41, 5.74) is 2.70. The molecular weight excluding hydrogens is 230 g/mol. The van der Waals surface area contributed by atoms with Crippen LogP contribution in [0.3, 0.4) is 0 Å². The molecule has 0 aliphatic rings. The van der Waals surface area contributed by atoms with Gasteiger partial charge in [0.05, 0.1) is 13.0 Å². The maximum Gasteiger partial charge on any atom is 0.306 e. The van der Waals surface area contributed by atoms with Gasteiger partial charge in [-0.15, -0.1) is 0 Å². The summed E-state index contributed by atoms with van der Waals surface area (Å²) < 4.78 is 10.6. The molecular formula is C14H17NO3. The van der Waals surface area contributed by atoms with E-state index in [4.69, 9.17) is 9.15 Å². The number of nitrogens with zero attached hydrogens (tertiary/aromatic N) is 1. The average Bonchev–Trinajstić information content (AvgIpc) is 2.74. The molecule has 4 heteroatoms. The van der Waals surface area contributed by atoms with Gasteiger partial charge in [-0.25, -0.2) is 4.98 Å². The number of aromatic nitrogens is 1. The molecule has 2 rings (SSSR count). The van der Waals surface area contributed by atoms with Crippen LogP contribution in [0, 0.1) is 6.92 Å². The van der Waals surface area contributed by atoms with E-state index in [1.54, 1.807) is 6.92 Å². The van der Waals surface area contributed by atoms with E-state index in [0.29, 0.717) is 18.9 Å². The first-order valence-corrected chi connectivity index (χ1v) is 6.13. The summed E-state index contributed by atoms with van der Waals surface area (Å²) in [6.45, 7) is 6.10. The van der Waals surface area contributed by atoms with Crippen LogP contribution in [-0.4, -0.2) is 17.6 Å². The number of ether oxygens (including phenoxy) is 1. The number of oxazole rings is 1. The molecule has 0 radical (unpaired) electrons. The standard InChI is InChI=1S/C14H17NO3/c1-4-17-12(16)8-10(3)14-15-13-9(2)6-5-7-11(13)18-14/h5-7,10H,4,8H2,1-3H3. The lowest BCUT2D eigenvalue weighted by Gasteiger charge is -2.05. The van der Waals surface area contributed by atoms with Crippen LogP contribution in [0.2, 0.25) is 0 Å². The number of esters is 1. The highest BCUT2D eigenvalue weighted by Crippen LogP contribution is 2.25. The number of fused-ring (bicyclic) bond motifs is 1. The van der Waals surface area contributed by atoms with Gasteiger partial charge in [-0.3, -0.25) is 4.79 Å². The molecule has 0 spiro atoms. The first-order valence-electron chi connectivity index (χ1n) is 6.13. The van der Waals surface area contributed by atoms with Crippen molar-refractivity contribution >= 4 is 17.1 Å². The van der Waals surface area contributed by atoms with Crippen LogP contribution in [0.25, 0.3) is 11.1 Å². The Morgan fingerprint density at radius 1 is 1.50 bits per heavy atom. The number of para-hydroxylation sites is 1. The fraction of sp³-hybridized carbons (Fsp3) is 0.429. The molecule has 1 heterocycles. The fourth-order valence-corrected chi connectivity index (χ4v) is 1.87. The van der Waals surface area contributed by atoms with Crippen molar-refractivity contribution in [3.63, 3.8) is 0 Å². The van der Waals surface area contributed by atoms with E-state index in [9.17, 15) is 4.79 Å². The lowest BCUT2D eigenvalue weighted by atomic mass is 10.1. The summed E-state index contributed by atoms with van der Waals surface area (Å²) in [5.74, 6) is 0.298. The monoisotopic (exact) mass is 247 g/mol. The second kappa shape index (κ2) is 5.21. The summed E-state index contributed by atoms with van der Waals surface area (Å²) in [4.78, 5) is 15.9. The Bertz CT molecular complexity index is 559. The van der Waals surface area contributed by atoms with Gasteiger partial charge < -0.3 is 9.15 Å². The number of hydrogen-bond donors (Lipinski definition) is 0. The van der Waals surface area contributed by atoms with Crippen LogP contribution < -0.4 is 0 Å². The van der Waals surface area contributed by atoms with Gasteiger partial charge in [0.15, 0.2) is 11.5 Å². The number of rotatable bonds is 4. The van der Waals surface area contributed by atoms with Crippen LogP contribution in [0.5, 0.6) is 0 Å². The Morgan fingerprint density at radius 2 is 2.28 bits per heavy atom. The number of carbonyl (C=O) groups excluding carboxylic acids is 1. The van der Waals surface area contributed by atoms with Crippen molar-refractivity contribution in [2.24, 2.45) is 0 Å². The minimum atomic E-state index is -0.219. The van der Waals surface area contributed by atoms with Gasteiger partial charge in [0, 0.05) is 5.92 Å². The van der Waals surface area contributed by atoms with Gasteiger partial charge in [0.2, 0.25) is 0 Å². The molecule has 4 nitrogen and oxygen atoms in total. The van der Waals surface area contributed by atoms with E-state index in [-0.39, 0.29) is 11.9 Å². The highest BCUT2D eigenvalue weighted by molar-refractivity contribution is 5.76. The molecule has 1 aromatic carbocycles. The molecule has 0 amide bonds. The Kier molecular flexibility index (Phi) is 3.65. The predicted molar refractivity (Wildman–Crippen MR) is 68.4 cm³/mol. The smallest absolute Gasteiger partial charge is 0.306 e. The molecule has 96 valence electrons. The molecule has 0 saturated heterocycles. The highest BCUT2D eigenvalue weighted by atomic mass is 16.5. The second-order valence-electron chi connectivity index (χ2n) is 4.38. The van der Waals surface area contributed by atoms with E-state index < -0.39 is 0 Å². The molecule has 0 aliphatic heterocycles. The molecule has 2 aromatic rings. The Hall–Kier alpha value is -1.84. The van der Waals surface area contributed by atoms with Crippen LogP contribution in [0.4, 0.5) is 0 Å².